The van der Waals surface area contributed by atoms with Gasteiger partial charge < -0.3 is 19.9 Å². The number of piperazine rings is 1. The lowest BCUT2D eigenvalue weighted by Crippen LogP contribution is -2.44. The predicted octanol–water partition coefficient (Wildman–Crippen LogP) is 3.88. The van der Waals surface area contributed by atoms with Crippen LogP contribution in [0, 0.1) is 0 Å². The van der Waals surface area contributed by atoms with Crippen LogP contribution in [0.15, 0.2) is 72.9 Å². The zero-order chi connectivity index (χ0) is 20.1. The summed E-state index contributed by atoms with van der Waals surface area (Å²) < 4.78 is 5.91. The van der Waals surface area contributed by atoms with E-state index in [4.69, 9.17) is 4.74 Å². The number of nitrogens with zero attached hydrogens (tertiary/aromatic N) is 3. The van der Waals surface area contributed by atoms with Crippen molar-refractivity contribution in [2.45, 2.75) is 0 Å². The van der Waals surface area contributed by atoms with Gasteiger partial charge in [-0.2, -0.15) is 0 Å². The van der Waals surface area contributed by atoms with E-state index in [1.165, 1.54) is 0 Å². The highest BCUT2D eigenvalue weighted by molar-refractivity contribution is 6.03. The highest BCUT2D eigenvalue weighted by Crippen LogP contribution is 2.29. The average molecular weight is 388 g/mol. The number of rotatable bonds is 5. The molecule has 1 N–H and O–H groups in total. The molecule has 0 aliphatic carbocycles. The summed E-state index contributed by atoms with van der Waals surface area (Å²) in [6.07, 6.45) is 1.77. The smallest absolute Gasteiger partial charge is 0.274 e. The fourth-order valence-electron chi connectivity index (χ4n) is 3.23. The van der Waals surface area contributed by atoms with Gasteiger partial charge in [-0.15, -0.1) is 0 Å². The summed E-state index contributed by atoms with van der Waals surface area (Å²) in [5.74, 6) is 1.03. The summed E-state index contributed by atoms with van der Waals surface area (Å²) in [5.41, 5.74) is 2.02. The van der Waals surface area contributed by atoms with Crippen molar-refractivity contribution in [2.75, 3.05) is 43.4 Å². The molecule has 4 rings (SSSR count). The zero-order valence-electron chi connectivity index (χ0n) is 16.4. The molecule has 2 aromatic carbocycles. The Morgan fingerprint density at radius 1 is 0.931 bits per heavy atom. The number of hydrogen-bond acceptors (Lipinski definition) is 5. The first-order valence-corrected chi connectivity index (χ1v) is 9.72. The highest BCUT2D eigenvalue weighted by Gasteiger charge is 2.16. The van der Waals surface area contributed by atoms with E-state index in [-0.39, 0.29) is 5.91 Å². The molecule has 0 saturated carbocycles. The summed E-state index contributed by atoms with van der Waals surface area (Å²) in [4.78, 5) is 21.7. The minimum atomic E-state index is -0.265. The number of carbonyl (C=O) groups excluding carboxylic acids is 1. The van der Waals surface area contributed by atoms with Crippen molar-refractivity contribution in [3.63, 3.8) is 0 Å². The van der Waals surface area contributed by atoms with Crippen LogP contribution in [0.2, 0.25) is 0 Å². The molecule has 1 aliphatic heterocycles. The normalized spacial score (nSPS) is 14.4. The lowest BCUT2D eigenvalue weighted by Gasteiger charge is -2.33. The summed E-state index contributed by atoms with van der Waals surface area (Å²) in [7, 11) is 2.13. The van der Waals surface area contributed by atoms with Crippen LogP contribution in [0.3, 0.4) is 0 Å². The Morgan fingerprint density at radius 3 is 2.38 bits per heavy atom. The van der Waals surface area contributed by atoms with Gasteiger partial charge in [0, 0.05) is 26.2 Å². The second kappa shape index (κ2) is 8.75. The van der Waals surface area contributed by atoms with E-state index >= 15 is 0 Å². The van der Waals surface area contributed by atoms with E-state index in [9.17, 15) is 4.79 Å². The second-order valence-corrected chi connectivity index (χ2v) is 7.06. The Balaban J connectivity index is 1.44. The lowest BCUT2D eigenvalue weighted by atomic mass is 10.2. The molecule has 6 nitrogen and oxygen atoms in total. The van der Waals surface area contributed by atoms with Crippen molar-refractivity contribution < 1.29 is 9.53 Å². The number of aromatic nitrogens is 1. The third kappa shape index (κ3) is 4.73. The number of nitrogens with one attached hydrogen (secondary N) is 1. The third-order valence-electron chi connectivity index (χ3n) is 4.96. The van der Waals surface area contributed by atoms with Crippen LogP contribution in [0.4, 0.5) is 11.4 Å². The van der Waals surface area contributed by atoms with Gasteiger partial charge >= 0.3 is 0 Å². The summed E-state index contributed by atoms with van der Waals surface area (Å²) in [5, 5.41) is 2.91. The molecule has 2 heterocycles. The van der Waals surface area contributed by atoms with E-state index in [1.807, 2.05) is 60.7 Å². The fraction of sp³-hybridized carbons (Fsp3) is 0.217. The van der Waals surface area contributed by atoms with Gasteiger partial charge in [-0.05, 0) is 43.4 Å². The highest BCUT2D eigenvalue weighted by atomic mass is 16.5. The lowest BCUT2D eigenvalue weighted by molar-refractivity contribution is 0.102. The topological polar surface area (TPSA) is 57.7 Å². The molecule has 0 atom stereocenters. The van der Waals surface area contributed by atoms with Crippen LogP contribution < -0.4 is 15.0 Å². The minimum absolute atomic E-state index is 0.265. The molecule has 29 heavy (non-hydrogen) atoms. The molecule has 6 heteroatoms. The van der Waals surface area contributed by atoms with Crippen molar-refractivity contribution in [3.05, 3.63) is 78.6 Å². The maximum Gasteiger partial charge on any atom is 0.274 e. The first-order chi connectivity index (χ1) is 14.2. The average Bonchev–Trinajstić information content (AvgIpc) is 2.76. The van der Waals surface area contributed by atoms with E-state index < -0.39 is 0 Å². The monoisotopic (exact) mass is 388 g/mol. The van der Waals surface area contributed by atoms with E-state index in [2.05, 4.69) is 27.1 Å². The molecule has 0 radical (unpaired) electrons. The molecule has 0 bridgehead atoms. The summed E-state index contributed by atoms with van der Waals surface area (Å²) >= 11 is 0. The Kier molecular flexibility index (Phi) is 5.72. The molecule has 1 fully saturated rings. The molecular formula is C23H24N4O2. The number of likely N-dealkylation sites (N-methyl/N-ethyl adjacent to an activating group) is 1. The minimum Gasteiger partial charge on any atom is -0.455 e. The molecule has 0 spiro atoms. The molecular weight excluding hydrogens is 364 g/mol. The molecule has 3 aromatic rings. The molecule has 1 aromatic heterocycles. The van der Waals surface area contributed by atoms with Crippen molar-refractivity contribution in [1.29, 1.82) is 0 Å². The van der Waals surface area contributed by atoms with E-state index in [0.717, 1.165) is 31.9 Å². The van der Waals surface area contributed by atoms with Gasteiger partial charge in [0.15, 0.2) is 5.75 Å². The fourth-order valence-corrected chi connectivity index (χ4v) is 3.23. The van der Waals surface area contributed by atoms with Gasteiger partial charge in [0.05, 0.1) is 17.6 Å². The number of benzene rings is 2. The van der Waals surface area contributed by atoms with Crippen LogP contribution in [-0.2, 0) is 0 Å². The van der Waals surface area contributed by atoms with Gasteiger partial charge in [-0.3, -0.25) is 4.79 Å². The van der Waals surface area contributed by atoms with Gasteiger partial charge in [0.1, 0.15) is 11.4 Å². The summed E-state index contributed by atoms with van der Waals surface area (Å²) in [6, 6.07) is 20.6. The van der Waals surface area contributed by atoms with Gasteiger partial charge in [-0.1, -0.05) is 30.3 Å². The van der Waals surface area contributed by atoms with Gasteiger partial charge in [0.2, 0.25) is 0 Å². The Labute approximate surface area is 170 Å². The van der Waals surface area contributed by atoms with Crippen molar-refractivity contribution in [1.82, 2.24) is 9.88 Å². The standard InChI is InChI=1S/C23H24N4O2/c1-26-13-15-27(16-14-26)18-11-12-21(24-17-18)23(28)25-20-9-5-6-10-22(20)29-19-7-3-2-4-8-19/h2-12,17H,13-16H2,1H3,(H,25,28). The van der Waals surface area contributed by atoms with Crippen LogP contribution in [-0.4, -0.2) is 49.0 Å². The first-order valence-electron chi connectivity index (χ1n) is 9.72. The molecule has 148 valence electrons. The molecule has 1 saturated heterocycles. The number of anilines is 2. The quantitative estimate of drug-likeness (QED) is 0.719. The number of ether oxygens (including phenoxy) is 1. The molecule has 1 aliphatic rings. The number of hydrogen-bond donors (Lipinski definition) is 1. The van der Waals surface area contributed by atoms with Crippen LogP contribution in [0.5, 0.6) is 11.5 Å². The number of pyridine rings is 1. The van der Waals surface area contributed by atoms with Crippen molar-refractivity contribution in [2.24, 2.45) is 0 Å². The maximum atomic E-state index is 12.7. The summed E-state index contributed by atoms with van der Waals surface area (Å²) in [6.45, 7) is 3.99. The maximum absolute atomic E-state index is 12.7. The SMILES string of the molecule is CN1CCN(c2ccc(C(=O)Nc3ccccc3Oc3ccccc3)nc2)CC1. The van der Waals surface area contributed by atoms with Crippen LogP contribution >= 0.6 is 0 Å². The van der Waals surface area contributed by atoms with Gasteiger partial charge in [0.25, 0.3) is 5.91 Å². The van der Waals surface area contributed by atoms with Crippen LogP contribution in [0.1, 0.15) is 10.5 Å². The molecule has 1 amide bonds. The number of amides is 1. The predicted molar refractivity (Wildman–Crippen MR) is 115 cm³/mol. The Morgan fingerprint density at radius 2 is 1.66 bits per heavy atom. The van der Waals surface area contributed by atoms with Crippen LogP contribution in [0.25, 0.3) is 0 Å². The largest absolute Gasteiger partial charge is 0.455 e. The first kappa shape index (κ1) is 19.0. The third-order valence-corrected chi connectivity index (χ3v) is 4.96. The molecule has 0 unspecified atom stereocenters. The van der Waals surface area contributed by atoms with Crippen molar-refractivity contribution >= 4 is 17.3 Å². The number of carbonyl (C=O) groups is 1. The second-order valence-electron chi connectivity index (χ2n) is 7.06. The zero-order valence-corrected chi connectivity index (χ0v) is 16.4. The van der Waals surface area contributed by atoms with Crippen molar-refractivity contribution in [3.8, 4) is 11.5 Å². The number of para-hydroxylation sites is 3. The van der Waals surface area contributed by atoms with E-state index in [1.54, 1.807) is 12.3 Å². The Bertz CT molecular complexity index is 952. The van der Waals surface area contributed by atoms with E-state index in [0.29, 0.717) is 22.9 Å². The Hall–Kier alpha value is -3.38. The van der Waals surface area contributed by atoms with Gasteiger partial charge in [-0.25, -0.2) is 4.98 Å².